The Kier molecular flexibility index (Phi) is 23.6. The number of fused-ring (bicyclic) bond motifs is 2. The Bertz CT molecular complexity index is 2560. The van der Waals surface area contributed by atoms with E-state index in [2.05, 4.69) is 98.3 Å². The monoisotopic (exact) mass is 864 g/mol. The fourth-order valence-corrected chi connectivity index (χ4v) is 6.15. The topological polar surface area (TPSA) is 179 Å². The quantitative estimate of drug-likeness (QED) is 0.0848. The molecule has 0 aliphatic carbocycles. The molecule has 0 aromatic heterocycles. The molecule has 10 nitrogen and oxygen atoms in total. The second kappa shape index (κ2) is 27.3. The van der Waals surface area contributed by atoms with Gasteiger partial charge in [0, 0.05) is 14.0 Å². The van der Waals surface area contributed by atoms with Gasteiger partial charge in [-0.3, -0.25) is 9.35 Å². The van der Waals surface area contributed by atoms with Crippen molar-refractivity contribution in [1.82, 2.24) is 0 Å². The number of esters is 1. The molecular formula is C51H60O10S. The number of carboxylic acids is 1. The van der Waals surface area contributed by atoms with Gasteiger partial charge in [-0.1, -0.05) is 144 Å². The number of rotatable bonds is 3. The number of carboxylic acid groups (broad SMARTS) is 1. The molecule has 0 spiro atoms. The number of aryl methyl sites for hydroxylation is 7. The standard InChI is InChI=1S/C12H12O.C11H10.C8H10O3S.C8H8O3.C8H10.C3H6O2.CH4O/c1-8-7-10-5-3-4-6-11(10)9(2)12(8)13;1-9-5-4-7-10-6-2-3-8-11(9)10;1-7-3-2-4-8(5-7)6-12(9,10)11;1-5-2-3-7(9)6(4-5)8(10)11;1-7-3-5-8(2)6-4-7;1-3(4)5-2;1-2/h3-7,13H,1-2H3;2-8H,1H3;2-5H,6H2,1H3,(H,9,10,11);2-4,9H,1H3,(H,10,11);3-6H,1-2H3;1-2H3;2H,1H3. The first-order chi connectivity index (χ1) is 29.2. The number of benzene rings is 7. The van der Waals surface area contributed by atoms with Crippen molar-refractivity contribution >= 4 is 43.6 Å². The molecule has 330 valence electrons. The second-order valence-corrected chi connectivity index (χ2v) is 15.5. The van der Waals surface area contributed by atoms with Crippen LogP contribution in [0.25, 0.3) is 21.5 Å². The van der Waals surface area contributed by atoms with Gasteiger partial charge < -0.3 is 25.2 Å². The highest BCUT2D eigenvalue weighted by Gasteiger charge is 2.08. The molecule has 5 N–H and O–H groups in total. The normalized spacial score (nSPS) is 9.81. The first kappa shape index (κ1) is 53.5. The molecule has 7 aromatic carbocycles. The minimum atomic E-state index is -3.89. The number of hydrogen-bond donors (Lipinski definition) is 5. The number of carbonyl (C=O) groups is 2. The highest BCUT2D eigenvalue weighted by atomic mass is 32.2. The lowest BCUT2D eigenvalue weighted by Gasteiger charge is -2.07. The zero-order chi connectivity index (χ0) is 47.0. The second-order valence-electron chi connectivity index (χ2n) is 14.1. The summed E-state index contributed by atoms with van der Waals surface area (Å²) in [6.45, 7) is 15.2. The maximum atomic E-state index is 10.5. The van der Waals surface area contributed by atoms with E-state index in [1.54, 1.807) is 31.2 Å². The van der Waals surface area contributed by atoms with Gasteiger partial charge in [0.2, 0.25) is 0 Å². The molecule has 0 heterocycles. The van der Waals surface area contributed by atoms with Crippen LogP contribution >= 0.6 is 0 Å². The number of hydrogen-bond acceptors (Lipinski definition) is 8. The van der Waals surface area contributed by atoms with Gasteiger partial charge in [-0.15, -0.1) is 0 Å². The number of aromatic hydroxyl groups is 2. The van der Waals surface area contributed by atoms with Crippen molar-refractivity contribution in [3.63, 3.8) is 0 Å². The maximum absolute atomic E-state index is 10.5. The summed E-state index contributed by atoms with van der Waals surface area (Å²) in [7, 11) is -1.54. The van der Waals surface area contributed by atoms with E-state index in [0.29, 0.717) is 11.3 Å². The number of ether oxygens (including phenoxy) is 1. The predicted octanol–water partition coefficient (Wildman–Crippen LogP) is 11.2. The number of aromatic carboxylic acids is 1. The maximum Gasteiger partial charge on any atom is 0.339 e. The number of phenolic OH excluding ortho intramolecular Hbond substituents is 1. The fraction of sp³-hybridized carbons (Fsp3) is 0.216. The van der Waals surface area contributed by atoms with Crippen LogP contribution in [0.5, 0.6) is 11.5 Å². The summed E-state index contributed by atoms with van der Waals surface area (Å²) in [6, 6.07) is 44.9. The van der Waals surface area contributed by atoms with Gasteiger partial charge in [-0.2, -0.15) is 8.42 Å². The lowest BCUT2D eigenvalue weighted by molar-refractivity contribution is -0.137. The van der Waals surface area contributed by atoms with Crippen LogP contribution in [-0.4, -0.2) is 59.6 Å². The average molecular weight is 865 g/mol. The van der Waals surface area contributed by atoms with Crippen molar-refractivity contribution in [2.24, 2.45) is 0 Å². The Balaban J connectivity index is 0.000000376. The predicted molar refractivity (Wildman–Crippen MR) is 252 cm³/mol. The third-order valence-corrected chi connectivity index (χ3v) is 9.49. The van der Waals surface area contributed by atoms with E-state index >= 15 is 0 Å². The summed E-state index contributed by atoms with van der Waals surface area (Å²) in [5.41, 5.74) is 8.28. The molecule has 62 heavy (non-hydrogen) atoms. The fourth-order valence-electron chi connectivity index (χ4n) is 5.55. The Morgan fingerprint density at radius 1 is 0.565 bits per heavy atom. The van der Waals surface area contributed by atoms with Crippen LogP contribution in [-0.2, 0) is 25.4 Å². The van der Waals surface area contributed by atoms with E-state index < -0.39 is 16.1 Å². The van der Waals surface area contributed by atoms with Crippen molar-refractivity contribution in [2.45, 2.75) is 61.1 Å². The molecule has 7 rings (SSSR count). The van der Waals surface area contributed by atoms with Gasteiger partial charge in [0.1, 0.15) is 22.8 Å². The van der Waals surface area contributed by atoms with Gasteiger partial charge in [-0.25, -0.2) is 4.79 Å². The molecule has 0 aliphatic rings. The Morgan fingerprint density at radius 3 is 1.52 bits per heavy atom. The minimum absolute atomic E-state index is 0.0509. The van der Waals surface area contributed by atoms with Crippen LogP contribution in [0, 0.1) is 48.5 Å². The molecule has 0 saturated carbocycles. The molecule has 0 fully saturated rings. The molecular weight excluding hydrogens is 805 g/mol. The Morgan fingerprint density at radius 2 is 1.03 bits per heavy atom. The lowest BCUT2D eigenvalue weighted by atomic mass is 10.0. The zero-order valence-electron chi connectivity index (χ0n) is 37.2. The van der Waals surface area contributed by atoms with Crippen LogP contribution in [0.15, 0.2) is 140 Å². The number of phenols is 2. The van der Waals surface area contributed by atoms with Gasteiger partial charge in [-0.05, 0) is 110 Å². The van der Waals surface area contributed by atoms with Crippen LogP contribution in [0.4, 0.5) is 0 Å². The number of carbonyl (C=O) groups excluding carboxylic acids is 1. The molecule has 0 amide bonds. The number of methoxy groups -OCH3 is 1. The SMILES string of the molecule is CO.COC(C)=O.Cc1cc2ccccc2c(C)c1O.Cc1ccc(C)cc1.Cc1ccc(O)c(C(=O)O)c1.Cc1cccc(CS(=O)(=O)O)c1.Cc1cccc2ccccc12. The van der Waals surface area contributed by atoms with Crippen molar-refractivity contribution in [1.29, 1.82) is 0 Å². The van der Waals surface area contributed by atoms with Crippen molar-refractivity contribution in [3.05, 3.63) is 190 Å². The third-order valence-electron chi connectivity index (χ3n) is 8.79. The first-order valence-electron chi connectivity index (χ1n) is 19.4. The van der Waals surface area contributed by atoms with Gasteiger partial charge in [0.25, 0.3) is 10.1 Å². The number of aliphatic hydroxyl groups excluding tert-OH is 1. The van der Waals surface area contributed by atoms with Crippen LogP contribution in [0.3, 0.4) is 0 Å². The van der Waals surface area contributed by atoms with E-state index in [0.717, 1.165) is 34.7 Å². The van der Waals surface area contributed by atoms with Gasteiger partial charge in [0.05, 0.1) is 7.11 Å². The Hall–Kier alpha value is -6.53. The van der Waals surface area contributed by atoms with E-state index in [-0.39, 0.29) is 23.0 Å². The molecule has 0 atom stereocenters. The summed E-state index contributed by atoms with van der Waals surface area (Å²) < 4.78 is 33.6. The van der Waals surface area contributed by atoms with Crippen LogP contribution < -0.4 is 0 Å². The molecule has 0 bridgehead atoms. The van der Waals surface area contributed by atoms with E-state index in [1.165, 1.54) is 59.0 Å². The smallest absolute Gasteiger partial charge is 0.339 e. The summed E-state index contributed by atoms with van der Waals surface area (Å²) >= 11 is 0. The van der Waals surface area contributed by atoms with Crippen molar-refractivity contribution in [3.8, 4) is 11.5 Å². The average Bonchev–Trinajstić information content (AvgIpc) is 3.23. The van der Waals surface area contributed by atoms with Gasteiger partial charge >= 0.3 is 11.9 Å². The van der Waals surface area contributed by atoms with E-state index in [1.807, 2.05) is 51.1 Å². The minimum Gasteiger partial charge on any atom is -0.507 e. The third kappa shape index (κ3) is 20.2. The molecule has 0 unspecified atom stereocenters. The van der Waals surface area contributed by atoms with E-state index in [9.17, 15) is 23.1 Å². The van der Waals surface area contributed by atoms with Crippen LogP contribution in [0.2, 0.25) is 0 Å². The van der Waals surface area contributed by atoms with Gasteiger partial charge in [0.15, 0.2) is 0 Å². The molecule has 7 aromatic rings. The lowest BCUT2D eigenvalue weighted by Crippen LogP contribution is -2.01. The summed E-state index contributed by atoms with van der Waals surface area (Å²) in [5.74, 6) is -1.44. The highest BCUT2D eigenvalue weighted by molar-refractivity contribution is 7.85. The summed E-state index contributed by atoms with van der Waals surface area (Å²) in [5, 5.41) is 39.3. The molecule has 11 heteroatoms. The summed E-state index contributed by atoms with van der Waals surface area (Å²) in [6.07, 6.45) is 0. The summed E-state index contributed by atoms with van der Waals surface area (Å²) in [4.78, 5) is 20.0. The molecule has 0 aliphatic heterocycles. The molecule has 0 radical (unpaired) electrons. The molecule has 0 saturated heterocycles. The van der Waals surface area contributed by atoms with E-state index in [4.69, 9.17) is 19.9 Å². The highest BCUT2D eigenvalue weighted by Crippen LogP contribution is 2.29. The zero-order valence-corrected chi connectivity index (χ0v) is 38.0. The van der Waals surface area contributed by atoms with Crippen LogP contribution in [0.1, 0.15) is 61.8 Å². The first-order valence-corrected chi connectivity index (χ1v) is 21.0. The Labute approximate surface area is 366 Å². The van der Waals surface area contributed by atoms with Crippen molar-refractivity contribution < 1.29 is 47.7 Å². The number of aliphatic hydroxyl groups is 1. The largest absolute Gasteiger partial charge is 0.507 e. The van der Waals surface area contributed by atoms with Crippen molar-refractivity contribution in [2.75, 3.05) is 14.2 Å².